The van der Waals surface area contributed by atoms with Crippen molar-refractivity contribution >= 4 is 39.2 Å². The highest BCUT2D eigenvalue weighted by Gasteiger charge is 2.26. The van der Waals surface area contributed by atoms with Gasteiger partial charge in [-0.1, -0.05) is 79.7 Å². The number of carbonyl (C=O) groups is 2. The molecule has 0 radical (unpaired) electrons. The molecule has 0 aliphatic heterocycles. The number of aromatic hydroxyl groups is 1. The van der Waals surface area contributed by atoms with Crippen LogP contribution >= 0.6 is 0 Å². The zero-order valence-electron chi connectivity index (χ0n) is 19.8. The third-order valence-electron chi connectivity index (χ3n) is 6.19. The molecule has 0 fully saturated rings. The van der Waals surface area contributed by atoms with Gasteiger partial charge in [0.2, 0.25) is 0 Å². The van der Waals surface area contributed by atoms with E-state index in [2.05, 4.69) is 5.32 Å². The number of ether oxygens (including phenoxy) is 1. The molecule has 0 aliphatic carbocycles. The Morgan fingerprint density at radius 1 is 0.917 bits per heavy atom. The first-order chi connectivity index (χ1) is 17.5. The van der Waals surface area contributed by atoms with E-state index < -0.39 is 18.1 Å². The Labute approximate surface area is 209 Å². The average Bonchev–Trinajstić information content (AvgIpc) is 2.90. The molecule has 0 aromatic heterocycles. The van der Waals surface area contributed by atoms with Crippen molar-refractivity contribution in [2.75, 3.05) is 5.32 Å². The van der Waals surface area contributed by atoms with Crippen molar-refractivity contribution in [3.05, 3.63) is 96.6 Å². The number of hydroxylamine groups is 1. The number of hydrogen-bond acceptors (Lipinski definition) is 5. The minimum absolute atomic E-state index is 0.127. The van der Waals surface area contributed by atoms with Gasteiger partial charge in [-0.25, -0.2) is 10.3 Å². The van der Waals surface area contributed by atoms with Crippen molar-refractivity contribution in [2.24, 2.45) is 5.92 Å². The van der Waals surface area contributed by atoms with E-state index in [-0.39, 0.29) is 11.7 Å². The van der Waals surface area contributed by atoms with Crippen LogP contribution in [0.3, 0.4) is 0 Å². The SMILES string of the molecule is C[C@@H](CC/C=C/C(=O)NO)[C@H](OC(=O)Nc1cccc2ccccc12)c1ccc(O)c2ccccc12. The van der Waals surface area contributed by atoms with Gasteiger partial charge in [-0.15, -0.1) is 0 Å². The first-order valence-electron chi connectivity index (χ1n) is 11.7. The van der Waals surface area contributed by atoms with Crippen LogP contribution in [0.5, 0.6) is 5.75 Å². The number of benzene rings is 4. The quantitative estimate of drug-likeness (QED) is 0.130. The Hall–Kier alpha value is -4.36. The molecule has 0 unspecified atom stereocenters. The smallest absolute Gasteiger partial charge is 0.412 e. The number of amides is 2. The molecule has 7 heteroatoms. The van der Waals surface area contributed by atoms with Crippen molar-refractivity contribution < 1.29 is 24.6 Å². The molecule has 0 bridgehead atoms. The summed E-state index contributed by atoms with van der Waals surface area (Å²) in [7, 11) is 0. The summed E-state index contributed by atoms with van der Waals surface area (Å²) in [5, 5.41) is 25.3. The second kappa shape index (κ2) is 11.4. The van der Waals surface area contributed by atoms with E-state index in [1.807, 2.05) is 73.7 Å². The lowest BCUT2D eigenvalue weighted by Crippen LogP contribution is -2.22. The first kappa shape index (κ1) is 24.8. The van der Waals surface area contributed by atoms with E-state index in [0.717, 1.165) is 21.7 Å². The Morgan fingerprint density at radius 3 is 2.39 bits per heavy atom. The maximum atomic E-state index is 13.1. The average molecular weight is 485 g/mol. The summed E-state index contributed by atoms with van der Waals surface area (Å²) in [4.78, 5) is 24.4. The number of fused-ring (bicyclic) bond motifs is 2. The summed E-state index contributed by atoms with van der Waals surface area (Å²) < 4.78 is 6.02. The van der Waals surface area contributed by atoms with Gasteiger partial charge in [0, 0.05) is 22.4 Å². The number of carbonyl (C=O) groups excluding carboxylic acids is 2. The second-order valence-electron chi connectivity index (χ2n) is 8.63. The fraction of sp³-hybridized carbons (Fsp3) is 0.172. The van der Waals surface area contributed by atoms with Crippen LogP contribution in [0.4, 0.5) is 10.5 Å². The Kier molecular flexibility index (Phi) is 7.82. The van der Waals surface area contributed by atoms with Gasteiger partial charge in [0.05, 0.1) is 5.69 Å². The molecule has 4 rings (SSSR count). The first-order valence-corrected chi connectivity index (χ1v) is 11.7. The third kappa shape index (κ3) is 5.64. The van der Waals surface area contributed by atoms with Crippen LogP contribution in [-0.2, 0) is 9.53 Å². The van der Waals surface area contributed by atoms with Crippen LogP contribution in [0.2, 0.25) is 0 Å². The van der Waals surface area contributed by atoms with Crippen molar-refractivity contribution in [2.45, 2.75) is 25.9 Å². The van der Waals surface area contributed by atoms with Crippen LogP contribution < -0.4 is 10.8 Å². The lowest BCUT2D eigenvalue weighted by atomic mass is 9.89. The monoisotopic (exact) mass is 484 g/mol. The molecule has 0 saturated heterocycles. The van der Waals surface area contributed by atoms with Gasteiger partial charge in [-0.2, -0.15) is 0 Å². The molecule has 0 aliphatic rings. The molecule has 0 spiro atoms. The van der Waals surface area contributed by atoms with Crippen molar-refractivity contribution in [1.29, 1.82) is 0 Å². The van der Waals surface area contributed by atoms with Gasteiger partial charge in [-0.05, 0) is 41.7 Å². The van der Waals surface area contributed by atoms with Crippen LogP contribution in [0.15, 0.2) is 91.0 Å². The third-order valence-corrected chi connectivity index (χ3v) is 6.19. The number of phenols is 1. The van der Waals surface area contributed by atoms with Crippen molar-refractivity contribution in [1.82, 2.24) is 5.48 Å². The summed E-state index contributed by atoms with van der Waals surface area (Å²) in [5.41, 5.74) is 2.99. The molecular weight excluding hydrogens is 456 g/mol. The Balaban J connectivity index is 1.61. The summed E-state index contributed by atoms with van der Waals surface area (Å²) in [6.07, 6.45) is 2.85. The molecule has 0 heterocycles. The molecule has 2 amide bonds. The number of hydrogen-bond donors (Lipinski definition) is 4. The van der Waals surface area contributed by atoms with E-state index in [1.54, 1.807) is 23.7 Å². The van der Waals surface area contributed by atoms with Crippen molar-refractivity contribution in [3.63, 3.8) is 0 Å². The molecular formula is C29H28N2O5. The van der Waals surface area contributed by atoms with Gasteiger partial charge in [0.15, 0.2) is 0 Å². The van der Waals surface area contributed by atoms with Gasteiger partial charge in [0.1, 0.15) is 11.9 Å². The predicted octanol–water partition coefficient (Wildman–Crippen LogP) is 6.47. The Morgan fingerprint density at radius 2 is 1.61 bits per heavy atom. The molecule has 2 atom stereocenters. The minimum atomic E-state index is -0.620. The molecule has 7 nitrogen and oxygen atoms in total. The van der Waals surface area contributed by atoms with E-state index in [0.29, 0.717) is 23.9 Å². The summed E-state index contributed by atoms with van der Waals surface area (Å²) in [6.45, 7) is 1.97. The normalized spacial score (nSPS) is 12.9. The highest BCUT2D eigenvalue weighted by Crippen LogP contribution is 2.37. The van der Waals surface area contributed by atoms with Gasteiger partial charge in [-0.3, -0.25) is 15.3 Å². The van der Waals surface area contributed by atoms with Gasteiger partial charge >= 0.3 is 6.09 Å². The van der Waals surface area contributed by atoms with Gasteiger partial charge in [0.25, 0.3) is 5.91 Å². The number of anilines is 1. The number of phenolic OH excluding ortho intramolecular Hbond substituents is 1. The second-order valence-corrected chi connectivity index (χ2v) is 8.63. The highest BCUT2D eigenvalue weighted by molar-refractivity contribution is 6.00. The zero-order chi connectivity index (χ0) is 25.5. The Bertz CT molecular complexity index is 1410. The lowest BCUT2D eigenvalue weighted by Gasteiger charge is -2.26. The molecule has 4 aromatic carbocycles. The fourth-order valence-electron chi connectivity index (χ4n) is 4.37. The van der Waals surface area contributed by atoms with Crippen molar-refractivity contribution in [3.8, 4) is 5.75 Å². The largest absolute Gasteiger partial charge is 0.507 e. The maximum absolute atomic E-state index is 13.1. The lowest BCUT2D eigenvalue weighted by molar-refractivity contribution is -0.124. The summed E-state index contributed by atoms with van der Waals surface area (Å²) >= 11 is 0. The van der Waals surface area contributed by atoms with Crippen LogP contribution in [0.1, 0.15) is 31.4 Å². The molecule has 0 saturated carbocycles. The molecule has 184 valence electrons. The highest BCUT2D eigenvalue weighted by atomic mass is 16.6. The van der Waals surface area contributed by atoms with E-state index in [4.69, 9.17) is 9.94 Å². The van der Waals surface area contributed by atoms with E-state index in [1.165, 1.54) is 6.08 Å². The molecule has 36 heavy (non-hydrogen) atoms. The summed E-state index contributed by atoms with van der Waals surface area (Å²) in [5.74, 6) is -0.577. The predicted molar refractivity (Wildman–Crippen MR) is 140 cm³/mol. The number of nitrogens with one attached hydrogen (secondary N) is 2. The van der Waals surface area contributed by atoms with Crippen LogP contribution in [0, 0.1) is 5.92 Å². The standard InChI is InChI=1S/C29H28N2O5/c1-19(9-2-7-16-27(33)31-35)28(24-17-18-26(32)23-14-6-5-13-22(23)24)36-29(34)30-25-15-8-11-20-10-3-4-12-21(20)25/h3-8,10-19,28,32,35H,2,9H2,1H3,(H,30,34)(H,31,33)/b16-7+/t19-,28-/m0/s1. The fourth-order valence-corrected chi connectivity index (χ4v) is 4.37. The van der Waals surface area contributed by atoms with Crippen LogP contribution in [0.25, 0.3) is 21.5 Å². The van der Waals surface area contributed by atoms with E-state index >= 15 is 0 Å². The minimum Gasteiger partial charge on any atom is -0.507 e. The van der Waals surface area contributed by atoms with Crippen LogP contribution in [-0.4, -0.2) is 22.3 Å². The number of allylic oxidation sites excluding steroid dienone is 1. The van der Waals surface area contributed by atoms with Gasteiger partial charge < -0.3 is 9.84 Å². The zero-order valence-corrected chi connectivity index (χ0v) is 19.8. The number of rotatable bonds is 8. The maximum Gasteiger partial charge on any atom is 0.412 e. The topological polar surface area (TPSA) is 108 Å². The molecule has 4 N–H and O–H groups in total. The molecule has 4 aromatic rings. The summed E-state index contributed by atoms with van der Waals surface area (Å²) in [6, 6.07) is 24.3. The van der Waals surface area contributed by atoms with E-state index in [9.17, 15) is 14.7 Å².